The molecule has 0 saturated carbocycles. The van der Waals surface area contributed by atoms with E-state index in [1.165, 1.54) is 0 Å². The molecule has 0 atom stereocenters. The minimum Gasteiger partial charge on any atom is -0.353 e. The van der Waals surface area contributed by atoms with Crippen molar-refractivity contribution in [3.05, 3.63) is 53.6 Å². The summed E-state index contributed by atoms with van der Waals surface area (Å²) >= 11 is 5.96. The van der Waals surface area contributed by atoms with Crippen LogP contribution >= 0.6 is 24.0 Å². The Hall–Kier alpha value is -2.08. The Bertz CT molecular complexity index is 877. The summed E-state index contributed by atoms with van der Waals surface area (Å²) in [6.07, 6.45) is 0. The molecule has 1 fully saturated rings. The van der Waals surface area contributed by atoms with Crippen molar-refractivity contribution in [1.29, 1.82) is 0 Å². The lowest BCUT2D eigenvalue weighted by Gasteiger charge is -2.33. The zero-order chi connectivity index (χ0) is 17.2. The highest BCUT2D eigenvalue weighted by atomic mass is 35.5. The number of nitrogens with one attached hydrogen (secondary N) is 1. The summed E-state index contributed by atoms with van der Waals surface area (Å²) in [5.74, 6) is 1.60. The van der Waals surface area contributed by atoms with Gasteiger partial charge in [-0.25, -0.2) is 4.98 Å². The molecule has 1 N–H and O–H groups in total. The van der Waals surface area contributed by atoms with E-state index in [1.54, 1.807) is 0 Å². The zero-order valence-corrected chi connectivity index (χ0v) is 16.1. The standard InChI is InChI=1S/C19H20ClN5.ClH/c1-24-10-12-25(13-11-24)18-16-4-2-3-5-17(16)22-19(23-18)21-15-8-6-14(20)7-9-15;/h2-9H,10-13H2,1H3,(H,21,22,23);1H. The quantitative estimate of drug-likeness (QED) is 0.726. The lowest BCUT2D eigenvalue weighted by Crippen LogP contribution is -2.45. The summed E-state index contributed by atoms with van der Waals surface area (Å²) in [6, 6.07) is 15.7. The molecule has 0 bridgehead atoms. The van der Waals surface area contributed by atoms with E-state index in [4.69, 9.17) is 16.6 Å². The van der Waals surface area contributed by atoms with Crippen LogP contribution in [0.5, 0.6) is 0 Å². The van der Waals surface area contributed by atoms with Crippen molar-refractivity contribution in [3.8, 4) is 0 Å². The molecule has 1 saturated heterocycles. The Kier molecular flexibility index (Phi) is 5.81. The number of benzene rings is 2. The van der Waals surface area contributed by atoms with Crippen LogP contribution in [-0.2, 0) is 0 Å². The molecule has 26 heavy (non-hydrogen) atoms. The van der Waals surface area contributed by atoms with Crippen molar-refractivity contribution in [2.45, 2.75) is 0 Å². The molecule has 5 nitrogen and oxygen atoms in total. The number of rotatable bonds is 3. The van der Waals surface area contributed by atoms with Crippen LogP contribution in [-0.4, -0.2) is 48.1 Å². The number of hydrogen-bond acceptors (Lipinski definition) is 5. The predicted molar refractivity (Wildman–Crippen MR) is 111 cm³/mol. The van der Waals surface area contributed by atoms with E-state index in [9.17, 15) is 0 Å². The van der Waals surface area contributed by atoms with Crippen LogP contribution < -0.4 is 10.2 Å². The number of fused-ring (bicyclic) bond motifs is 1. The van der Waals surface area contributed by atoms with Gasteiger partial charge in [-0.15, -0.1) is 12.4 Å². The molecule has 0 spiro atoms. The van der Waals surface area contributed by atoms with E-state index < -0.39 is 0 Å². The maximum absolute atomic E-state index is 5.96. The van der Waals surface area contributed by atoms with E-state index in [0.29, 0.717) is 11.0 Å². The second-order valence-electron chi connectivity index (χ2n) is 6.31. The highest BCUT2D eigenvalue weighted by Crippen LogP contribution is 2.27. The third-order valence-electron chi connectivity index (χ3n) is 4.49. The lowest BCUT2D eigenvalue weighted by atomic mass is 10.2. The Morgan fingerprint density at radius 3 is 2.35 bits per heavy atom. The number of hydrogen-bond donors (Lipinski definition) is 1. The van der Waals surface area contributed by atoms with Gasteiger partial charge >= 0.3 is 0 Å². The maximum Gasteiger partial charge on any atom is 0.229 e. The van der Waals surface area contributed by atoms with Gasteiger partial charge < -0.3 is 15.1 Å². The zero-order valence-electron chi connectivity index (χ0n) is 14.5. The van der Waals surface area contributed by atoms with Crippen LogP contribution in [0.15, 0.2) is 48.5 Å². The predicted octanol–water partition coefficient (Wildman–Crippen LogP) is 4.20. The molecule has 1 aliphatic heterocycles. The summed E-state index contributed by atoms with van der Waals surface area (Å²) < 4.78 is 0. The van der Waals surface area contributed by atoms with Gasteiger partial charge in [-0.1, -0.05) is 23.7 Å². The van der Waals surface area contributed by atoms with E-state index in [-0.39, 0.29) is 12.4 Å². The normalized spacial score (nSPS) is 14.9. The number of anilines is 3. The van der Waals surface area contributed by atoms with Gasteiger partial charge in [0.2, 0.25) is 5.95 Å². The first-order valence-electron chi connectivity index (χ1n) is 8.42. The fourth-order valence-electron chi connectivity index (χ4n) is 3.04. The average Bonchev–Trinajstić information content (AvgIpc) is 2.64. The van der Waals surface area contributed by atoms with Crippen molar-refractivity contribution in [1.82, 2.24) is 14.9 Å². The molecule has 7 heteroatoms. The second-order valence-corrected chi connectivity index (χ2v) is 6.75. The van der Waals surface area contributed by atoms with E-state index >= 15 is 0 Å². The monoisotopic (exact) mass is 389 g/mol. The van der Waals surface area contributed by atoms with E-state index in [2.05, 4.69) is 33.2 Å². The third kappa shape index (κ3) is 4.01. The molecule has 0 radical (unpaired) electrons. The number of halogens is 2. The van der Waals surface area contributed by atoms with Gasteiger partial charge in [0.25, 0.3) is 0 Å². The second kappa shape index (κ2) is 8.08. The fourth-order valence-corrected chi connectivity index (χ4v) is 3.16. The first-order chi connectivity index (χ1) is 12.2. The smallest absolute Gasteiger partial charge is 0.229 e. The molecular weight excluding hydrogens is 369 g/mol. The van der Waals surface area contributed by atoms with Gasteiger partial charge in [-0.05, 0) is 43.4 Å². The molecule has 1 aliphatic rings. The van der Waals surface area contributed by atoms with Crippen molar-refractivity contribution >= 4 is 52.4 Å². The maximum atomic E-state index is 5.96. The van der Waals surface area contributed by atoms with Crippen LogP contribution in [0, 0.1) is 0 Å². The van der Waals surface area contributed by atoms with Crippen molar-refractivity contribution < 1.29 is 0 Å². The van der Waals surface area contributed by atoms with Crippen molar-refractivity contribution in [2.75, 3.05) is 43.4 Å². The lowest BCUT2D eigenvalue weighted by molar-refractivity contribution is 0.312. The summed E-state index contributed by atoms with van der Waals surface area (Å²) in [6.45, 7) is 4.02. The van der Waals surface area contributed by atoms with Gasteiger partial charge in [0.1, 0.15) is 5.82 Å². The average molecular weight is 390 g/mol. The minimum atomic E-state index is 0. The minimum absolute atomic E-state index is 0. The Balaban J connectivity index is 0.00000196. The molecule has 1 aromatic heterocycles. The molecule has 0 unspecified atom stereocenters. The summed E-state index contributed by atoms with van der Waals surface area (Å²) in [5, 5.41) is 5.10. The van der Waals surface area contributed by atoms with Crippen LogP contribution in [0.25, 0.3) is 10.9 Å². The first-order valence-corrected chi connectivity index (χ1v) is 8.80. The third-order valence-corrected chi connectivity index (χ3v) is 4.74. The summed E-state index contributed by atoms with van der Waals surface area (Å²) in [7, 11) is 2.16. The van der Waals surface area contributed by atoms with Gasteiger partial charge in [0, 0.05) is 42.3 Å². The number of nitrogens with zero attached hydrogens (tertiary/aromatic N) is 4. The number of para-hydroxylation sites is 1. The van der Waals surface area contributed by atoms with Crippen LogP contribution in [0.4, 0.5) is 17.5 Å². The van der Waals surface area contributed by atoms with E-state index in [0.717, 1.165) is 48.6 Å². The van der Waals surface area contributed by atoms with Crippen LogP contribution in [0.2, 0.25) is 5.02 Å². The van der Waals surface area contributed by atoms with Crippen molar-refractivity contribution in [3.63, 3.8) is 0 Å². The number of piperazine rings is 1. The van der Waals surface area contributed by atoms with Crippen molar-refractivity contribution in [2.24, 2.45) is 0 Å². The summed E-state index contributed by atoms with van der Waals surface area (Å²) in [4.78, 5) is 14.2. The topological polar surface area (TPSA) is 44.3 Å². The Morgan fingerprint density at radius 1 is 0.923 bits per heavy atom. The SMILES string of the molecule is CN1CCN(c2nc(Nc3ccc(Cl)cc3)nc3ccccc23)CC1.Cl. The molecule has 0 amide bonds. The summed E-state index contributed by atoms with van der Waals surface area (Å²) in [5.41, 5.74) is 1.87. The molecule has 2 aromatic carbocycles. The molecule has 3 aromatic rings. The first kappa shape index (κ1) is 18.7. The Morgan fingerprint density at radius 2 is 1.62 bits per heavy atom. The molecule has 0 aliphatic carbocycles. The largest absolute Gasteiger partial charge is 0.353 e. The molecule has 2 heterocycles. The van der Waals surface area contributed by atoms with Gasteiger partial charge in [-0.3, -0.25) is 0 Å². The highest BCUT2D eigenvalue weighted by Gasteiger charge is 2.19. The molecular formula is C19H21Cl2N5. The van der Waals surface area contributed by atoms with Gasteiger partial charge in [0.15, 0.2) is 0 Å². The molecule has 136 valence electrons. The fraction of sp³-hybridized carbons (Fsp3) is 0.263. The van der Waals surface area contributed by atoms with Gasteiger partial charge in [0.05, 0.1) is 5.52 Å². The van der Waals surface area contributed by atoms with E-state index in [1.807, 2.05) is 42.5 Å². The highest BCUT2D eigenvalue weighted by molar-refractivity contribution is 6.30. The Labute approximate surface area is 164 Å². The number of likely N-dealkylation sites (N-methyl/N-ethyl adjacent to an activating group) is 1. The van der Waals surface area contributed by atoms with Crippen LogP contribution in [0.3, 0.4) is 0 Å². The van der Waals surface area contributed by atoms with Gasteiger partial charge in [-0.2, -0.15) is 4.98 Å². The van der Waals surface area contributed by atoms with Crippen LogP contribution in [0.1, 0.15) is 0 Å². The number of aromatic nitrogens is 2. The molecule has 4 rings (SSSR count).